The molecule has 4 heteroatoms. The molecule has 1 nitrogen and oxygen atoms in total. The van der Waals surface area contributed by atoms with Crippen molar-refractivity contribution < 1.29 is 4.39 Å². The molecule has 110 valence electrons. The van der Waals surface area contributed by atoms with Crippen LogP contribution in [-0.2, 0) is 6.42 Å². The van der Waals surface area contributed by atoms with E-state index in [-0.39, 0.29) is 5.82 Å². The summed E-state index contributed by atoms with van der Waals surface area (Å²) in [5.74, 6) is -0.154. The van der Waals surface area contributed by atoms with E-state index >= 15 is 0 Å². The van der Waals surface area contributed by atoms with Crippen LogP contribution in [0.4, 0.5) is 4.39 Å². The average Bonchev–Trinajstić information content (AvgIpc) is 2.85. The lowest BCUT2D eigenvalue weighted by molar-refractivity contribution is 0.607. The van der Waals surface area contributed by atoms with Crippen LogP contribution in [-0.4, -0.2) is 12.3 Å². The molecule has 0 unspecified atom stereocenters. The lowest BCUT2D eigenvalue weighted by Crippen LogP contribution is -2.14. The van der Waals surface area contributed by atoms with E-state index in [1.54, 1.807) is 17.4 Å². The van der Waals surface area contributed by atoms with E-state index in [4.69, 9.17) is 11.6 Å². The number of fused-ring (bicyclic) bond motifs is 2. The molecule has 2 aromatic carbocycles. The molecule has 4 rings (SSSR count). The zero-order chi connectivity index (χ0) is 15.3. The monoisotopic (exact) mass is 329 g/mol. The maximum atomic E-state index is 14.0. The Bertz CT molecular complexity index is 926. The summed E-state index contributed by atoms with van der Waals surface area (Å²) in [5.41, 5.74) is 3.60. The van der Waals surface area contributed by atoms with Crippen molar-refractivity contribution >= 4 is 38.7 Å². The Balaban J connectivity index is 1.98. The van der Waals surface area contributed by atoms with Gasteiger partial charge in [-0.25, -0.2) is 4.39 Å². The summed E-state index contributed by atoms with van der Waals surface area (Å²) < 4.78 is 15.2. The number of aliphatic imine (C=N–C) groups is 1. The molecule has 0 saturated carbocycles. The molecule has 0 fully saturated rings. The van der Waals surface area contributed by atoms with Crippen LogP contribution in [0.3, 0.4) is 0 Å². The summed E-state index contributed by atoms with van der Waals surface area (Å²) in [7, 11) is 0. The van der Waals surface area contributed by atoms with Gasteiger partial charge >= 0.3 is 0 Å². The van der Waals surface area contributed by atoms with Gasteiger partial charge in [0.1, 0.15) is 5.82 Å². The van der Waals surface area contributed by atoms with Crippen LogP contribution < -0.4 is 0 Å². The van der Waals surface area contributed by atoms with Crippen LogP contribution in [0.1, 0.15) is 21.6 Å². The summed E-state index contributed by atoms with van der Waals surface area (Å²) in [6.45, 7) is 2.66. The summed E-state index contributed by atoms with van der Waals surface area (Å²) in [6, 6.07) is 11.3. The quantitative estimate of drug-likeness (QED) is 0.567. The van der Waals surface area contributed by atoms with Gasteiger partial charge in [-0.1, -0.05) is 35.9 Å². The Morgan fingerprint density at radius 2 is 2.00 bits per heavy atom. The fourth-order valence-electron chi connectivity index (χ4n) is 3.02. The third kappa shape index (κ3) is 2.00. The first kappa shape index (κ1) is 13.9. The van der Waals surface area contributed by atoms with Crippen LogP contribution in [0.2, 0.25) is 5.02 Å². The lowest BCUT2D eigenvalue weighted by Gasteiger charge is -2.16. The van der Waals surface area contributed by atoms with E-state index < -0.39 is 0 Å². The molecule has 3 aromatic rings. The molecule has 1 aliphatic heterocycles. The van der Waals surface area contributed by atoms with Gasteiger partial charge < -0.3 is 0 Å². The second-order valence-corrected chi connectivity index (χ2v) is 6.87. The van der Waals surface area contributed by atoms with Crippen LogP contribution in [0.5, 0.6) is 0 Å². The maximum Gasteiger partial charge on any atom is 0.127 e. The topological polar surface area (TPSA) is 12.4 Å². The highest BCUT2D eigenvalue weighted by molar-refractivity contribution is 7.22. The van der Waals surface area contributed by atoms with Gasteiger partial charge in [0.25, 0.3) is 0 Å². The van der Waals surface area contributed by atoms with Crippen molar-refractivity contribution in [1.29, 1.82) is 0 Å². The standard InChI is InChI=1S/C18H13ClFNS/c1-10-4-2-7-14-15(10)16(19)18(22-14)17-12-5-3-6-13(20)11(12)8-9-21-17/h2-7H,8-9H2,1H3. The molecule has 0 aliphatic carbocycles. The normalized spacial score (nSPS) is 14.0. The highest BCUT2D eigenvalue weighted by atomic mass is 35.5. The van der Waals surface area contributed by atoms with E-state index in [0.29, 0.717) is 13.0 Å². The smallest absolute Gasteiger partial charge is 0.127 e. The number of rotatable bonds is 1. The predicted octanol–water partition coefficient (Wildman–Crippen LogP) is 5.40. The first-order valence-corrected chi connectivity index (χ1v) is 8.36. The lowest BCUT2D eigenvalue weighted by atomic mass is 9.96. The summed E-state index contributed by atoms with van der Waals surface area (Å²) in [6.07, 6.45) is 0.646. The van der Waals surface area contributed by atoms with E-state index in [1.165, 1.54) is 6.07 Å². The molecule has 0 radical (unpaired) electrons. The Labute approximate surface area is 137 Å². The Hall–Kier alpha value is -1.71. The zero-order valence-corrected chi connectivity index (χ0v) is 13.6. The van der Waals surface area contributed by atoms with E-state index in [1.807, 2.05) is 12.1 Å². The van der Waals surface area contributed by atoms with Crippen LogP contribution in [0.25, 0.3) is 10.1 Å². The second-order valence-electron chi connectivity index (χ2n) is 5.44. The molecular formula is C18H13ClFNS. The van der Waals surface area contributed by atoms with E-state index in [9.17, 15) is 4.39 Å². The highest BCUT2D eigenvalue weighted by Crippen LogP contribution is 2.39. The van der Waals surface area contributed by atoms with Crippen molar-refractivity contribution in [2.75, 3.05) is 6.54 Å². The molecule has 1 aromatic heterocycles. The Morgan fingerprint density at radius 3 is 2.82 bits per heavy atom. The van der Waals surface area contributed by atoms with Gasteiger partial charge in [0.05, 0.1) is 15.6 Å². The van der Waals surface area contributed by atoms with Crippen LogP contribution in [0.15, 0.2) is 41.4 Å². The molecule has 0 bridgehead atoms. The van der Waals surface area contributed by atoms with Crippen molar-refractivity contribution in [3.8, 4) is 0 Å². The highest BCUT2D eigenvalue weighted by Gasteiger charge is 2.23. The maximum absolute atomic E-state index is 14.0. The summed E-state index contributed by atoms with van der Waals surface area (Å²) in [5, 5.41) is 1.81. The third-order valence-corrected chi connectivity index (χ3v) is 5.74. The zero-order valence-electron chi connectivity index (χ0n) is 12.0. The number of halogens is 2. The van der Waals surface area contributed by atoms with Crippen molar-refractivity contribution in [3.05, 3.63) is 68.8 Å². The first-order valence-electron chi connectivity index (χ1n) is 7.17. The molecule has 0 saturated heterocycles. The molecule has 0 spiro atoms. The predicted molar refractivity (Wildman–Crippen MR) is 92.2 cm³/mol. The molecule has 0 N–H and O–H groups in total. The number of nitrogens with zero attached hydrogens (tertiary/aromatic N) is 1. The van der Waals surface area contributed by atoms with Crippen molar-refractivity contribution in [2.24, 2.45) is 4.99 Å². The largest absolute Gasteiger partial charge is 0.283 e. The minimum atomic E-state index is -0.154. The van der Waals surface area contributed by atoms with Gasteiger partial charge in [0, 0.05) is 22.2 Å². The molecular weight excluding hydrogens is 317 g/mol. The molecule has 0 atom stereocenters. The second kappa shape index (κ2) is 5.18. The molecule has 1 aliphatic rings. The van der Waals surface area contributed by atoms with E-state index in [0.717, 1.165) is 42.4 Å². The van der Waals surface area contributed by atoms with Gasteiger partial charge in [-0.3, -0.25) is 4.99 Å². The Morgan fingerprint density at radius 1 is 1.18 bits per heavy atom. The summed E-state index contributed by atoms with van der Waals surface area (Å²) >= 11 is 8.27. The fraction of sp³-hybridized carbons (Fsp3) is 0.167. The van der Waals surface area contributed by atoms with Crippen molar-refractivity contribution in [1.82, 2.24) is 0 Å². The van der Waals surface area contributed by atoms with E-state index in [2.05, 4.69) is 24.0 Å². The average molecular weight is 330 g/mol. The number of thiophene rings is 1. The third-order valence-electron chi connectivity index (χ3n) is 4.09. The minimum absolute atomic E-state index is 0.154. The number of hydrogen-bond donors (Lipinski definition) is 0. The SMILES string of the molecule is Cc1cccc2sc(C3=NCCc4c(F)cccc43)c(Cl)c12. The van der Waals surface area contributed by atoms with Crippen LogP contribution >= 0.6 is 22.9 Å². The number of benzene rings is 2. The van der Waals surface area contributed by atoms with Gasteiger partial charge in [-0.05, 0) is 36.6 Å². The van der Waals surface area contributed by atoms with Gasteiger partial charge in [0.15, 0.2) is 0 Å². The summed E-state index contributed by atoms with van der Waals surface area (Å²) in [4.78, 5) is 5.59. The minimum Gasteiger partial charge on any atom is -0.283 e. The molecule has 2 heterocycles. The number of aryl methyl sites for hydroxylation is 1. The van der Waals surface area contributed by atoms with Crippen molar-refractivity contribution in [2.45, 2.75) is 13.3 Å². The molecule has 0 amide bonds. The fourth-order valence-corrected chi connectivity index (χ4v) is 4.73. The number of hydrogen-bond acceptors (Lipinski definition) is 2. The van der Waals surface area contributed by atoms with Crippen LogP contribution in [0, 0.1) is 12.7 Å². The first-order chi connectivity index (χ1) is 10.7. The van der Waals surface area contributed by atoms with Crippen molar-refractivity contribution in [3.63, 3.8) is 0 Å². The van der Waals surface area contributed by atoms with Gasteiger partial charge in [-0.2, -0.15) is 0 Å². The Kier molecular flexibility index (Phi) is 3.28. The van der Waals surface area contributed by atoms with Gasteiger partial charge in [-0.15, -0.1) is 11.3 Å². The molecule has 22 heavy (non-hydrogen) atoms. The van der Waals surface area contributed by atoms with Gasteiger partial charge in [0.2, 0.25) is 0 Å².